The number of hydrogen-bond acceptors (Lipinski definition) is 2. The van der Waals surface area contributed by atoms with Gasteiger partial charge in [0.05, 0.1) is 0 Å². The Labute approximate surface area is 109 Å². The van der Waals surface area contributed by atoms with E-state index in [1.807, 2.05) is 18.2 Å². The first-order valence-electron chi connectivity index (χ1n) is 6.10. The maximum absolute atomic E-state index is 9.35. The Morgan fingerprint density at radius 2 is 2.18 bits per heavy atom. The van der Waals surface area contributed by atoms with Gasteiger partial charge in [0.1, 0.15) is 0 Å². The highest BCUT2D eigenvalue weighted by molar-refractivity contribution is 6.30. The van der Waals surface area contributed by atoms with Crippen molar-refractivity contribution >= 4 is 11.6 Å². The molecule has 0 heterocycles. The van der Waals surface area contributed by atoms with Crippen LogP contribution >= 0.6 is 11.6 Å². The monoisotopic (exact) mass is 255 g/mol. The molecule has 17 heavy (non-hydrogen) atoms. The molecule has 0 bridgehead atoms. The van der Waals surface area contributed by atoms with Gasteiger partial charge in [0.15, 0.2) is 0 Å². The molecule has 2 unspecified atom stereocenters. The van der Waals surface area contributed by atoms with Crippen molar-refractivity contribution in [2.75, 3.05) is 13.2 Å². The predicted octanol–water partition coefficient (Wildman–Crippen LogP) is 3.40. The van der Waals surface area contributed by atoms with Crippen LogP contribution in [0.3, 0.4) is 0 Å². The Balaban J connectivity index is 2.58. The molecule has 2 atom stereocenters. The summed E-state index contributed by atoms with van der Waals surface area (Å²) in [5.41, 5.74) is 1.13. The maximum Gasteiger partial charge on any atom is 0.0496 e. The average molecular weight is 256 g/mol. The Kier molecular flexibility index (Phi) is 5.44. The van der Waals surface area contributed by atoms with E-state index in [2.05, 4.69) is 32.2 Å². The van der Waals surface area contributed by atoms with Crippen LogP contribution in [-0.2, 0) is 0 Å². The van der Waals surface area contributed by atoms with Crippen LogP contribution in [0.1, 0.15) is 38.8 Å². The molecule has 0 amide bonds. The molecule has 0 spiro atoms. The van der Waals surface area contributed by atoms with Crippen molar-refractivity contribution in [3.05, 3.63) is 34.9 Å². The average Bonchev–Trinajstić information content (AvgIpc) is 2.35. The van der Waals surface area contributed by atoms with Crippen molar-refractivity contribution < 1.29 is 5.11 Å². The third-order valence-electron chi connectivity index (χ3n) is 3.42. The number of nitrogens with one attached hydrogen (secondary N) is 1. The number of benzene rings is 1. The number of aliphatic hydroxyl groups is 1. The highest BCUT2D eigenvalue weighted by atomic mass is 35.5. The molecular formula is C14H22ClNO. The first-order chi connectivity index (χ1) is 8.00. The summed E-state index contributed by atoms with van der Waals surface area (Å²) in [7, 11) is 0. The first kappa shape index (κ1) is 14.5. The molecule has 0 radical (unpaired) electrons. The van der Waals surface area contributed by atoms with Crippen LogP contribution in [0.4, 0.5) is 0 Å². The van der Waals surface area contributed by atoms with Crippen LogP contribution in [0.25, 0.3) is 0 Å². The minimum atomic E-state index is -0.0488. The molecule has 96 valence electrons. The van der Waals surface area contributed by atoms with E-state index in [4.69, 9.17) is 11.6 Å². The molecule has 1 aromatic carbocycles. The van der Waals surface area contributed by atoms with Crippen molar-refractivity contribution in [2.24, 2.45) is 5.41 Å². The van der Waals surface area contributed by atoms with E-state index in [1.165, 1.54) is 5.56 Å². The molecule has 1 rings (SSSR count). The van der Waals surface area contributed by atoms with E-state index in [0.29, 0.717) is 0 Å². The molecule has 1 aromatic rings. The van der Waals surface area contributed by atoms with E-state index < -0.39 is 0 Å². The van der Waals surface area contributed by atoms with Gasteiger partial charge in [-0.1, -0.05) is 37.6 Å². The third kappa shape index (κ3) is 4.30. The van der Waals surface area contributed by atoms with Gasteiger partial charge in [-0.2, -0.15) is 0 Å². The van der Waals surface area contributed by atoms with Crippen molar-refractivity contribution in [1.29, 1.82) is 0 Å². The molecule has 2 N–H and O–H groups in total. The van der Waals surface area contributed by atoms with Crippen molar-refractivity contribution in [3.63, 3.8) is 0 Å². The van der Waals surface area contributed by atoms with E-state index in [-0.39, 0.29) is 18.1 Å². The fourth-order valence-corrected chi connectivity index (χ4v) is 1.78. The van der Waals surface area contributed by atoms with Crippen LogP contribution < -0.4 is 5.32 Å². The summed E-state index contributed by atoms with van der Waals surface area (Å²) >= 11 is 5.97. The molecule has 0 aromatic heterocycles. The number of halogens is 1. The first-order valence-corrected chi connectivity index (χ1v) is 6.48. The van der Waals surface area contributed by atoms with E-state index in [1.54, 1.807) is 0 Å². The molecule has 0 fully saturated rings. The molecule has 2 nitrogen and oxygen atoms in total. The summed E-state index contributed by atoms with van der Waals surface area (Å²) in [5, 5.41) is 13.6. The Hall–Kier alpha value is -0.570. The van der Waals surface area contributed by atoms with Gasteiger partial charge in [0, 0.05) is 29.6 Å². The maximum atomic E-state index is 9.35. The predicted molar refractivity (Wildman–Crippen MR) is 73.4 cm³/mol. The molecule has 0 aliphatic carbocycles. The lowest BCUT2D eigenvalue weighted by Crippen LogP contribution is -2.35. The van der Waals surface area contributed by atoms with Crippen LogP contribution in [0.5, 0.6) is 0 Å². The van der Waals surface area contributed by atoms with Crippen LogP contribution in [-0.4, -0.2) is 18.3 Å². The zero-order valence-corrected chi connectivity index (χ0v) is 11.6. The second-order valence-corrected chi connectivity index (χ2v) is 5.42. The summed E-state index contributed by atoms with van der Waals surface area (Å²) in [6, 6.07) is 8.11. The van der Waals surface area contributed by atoms with Crippen LogP contribution in [0.15, 0.2) is 24.3 Å². The van der Waals surface area contributed by atoms with Gasteiger partial charge >= 0.3 is 0 Å². The van der Waals surface area contributed by atoms with Gasteiger partial charge in [-0.3, -0.25) is 0 Å². The molecular weight excluding hydrogens is 234 g/mol. The Morgan fingerprint density at radius 1 is 1.47 bits per heavy atom. The van der Waals surface area contributed by atoms with Crippen molar-refractivity contribution in [3.8, 4) is 0 Å². The lowest BCUT2D eigenvalue weighted by molar-refractivity contribution is 0.132. The van der Waals surface area contributed by atoms with E-state index in [0.717, 1.165) is 18.0 Å². The zero-order valence-electron chi connectivity index (χ0n) is 10.8. The number of aliphatic hydroxyl groups excluding tert-OH is 1. The quantitative estimate of drug-likeness (QED) is 0.817. The minimum absolute atomic E-state index is 0.0488. The summed E-state index contributed by atoms with van der Waals surface area (Å²) < 4.78 is 0. The van der Waals surface area contributed by atoms with Gasteiger partial charge < -0.3 is 10.4 Å². The van der Waals surface area contributed by atoms with E-state index >= 15 is 0 Å². The molecule has 0 saturated carbocycles. The largest absolute Gasteiger partial charge is 0.396 e. The third-order valence-corrected chi connectivity index (χ3v) is 3.65. The zero-order chi connectivity index (χ0) is 12.9. The molecule has 0 saturated heterocycles. The van der Waals surface area contributed by atoms with Gasteiger partial charge in [-0.25, -0.2) is 0 Å². The molecule has 0 aliphatic heterocycles. The lowest BCUT2D eigenvalue weighted by atomic mass is 9.88. The minimum Gasteiger partial charge on any atom is -0.396 e. The Bertz CT molecular complexity index is 350. The standard InChI is InChI=1S/C14H22ClNO/c1-4-14(3,10-17)9-16-11(2)12-6-5-7-13(15)8-12/h5-8,11,16-17H,4,9-10H2,1-3H3. The normalized spacial score (nSPS) is 16.5. The smallest absolute Gasteiger partial charge is 0.0496 e. The highest BCUT2D eigenvalue weighted by Crippen LogP contribution is 2.22. The number of rotatable bonds is 6. The number of hydrogen-bond donors (Lipinski definition) is 2. The van der Waals surface area contributed by atoms with Gasteiger partial charge in [-0.15, -0.1) is 0 Å². The summed E-state index contributed by atoms with van der Waals surface area (Å²) in [6.07, 6.45) is 0.957. The van der Waals surface area contributed by atoms with Gasteiger partial charge in [-0.05, 0) is 31.0 Å². The molecule has 3 heteroatoms. The van der Waals surface area contributed by atoms with Crippen molar-refractivity contribution in [1.82, 2.24) is 5.32 Å². The summed E-state index contributed by atoms with van der Waals surface area (Å²) in [4.78, 5) is 0. The fraction of sp³-hybridized carbons (Fsp3) is 0.571. The van der Waals surface area contributed by atoms with Gasteiger partial charge in [0.25, 0.3) is 0 Å². The second-order valence-electron chi connectivity index (χ2n) is 4.98. The van der Waals surface area contributed by atoms with Crippen molar-refractivity contribution in [2.45, 2.75) is 33.2 Å². The van der Waals surface area contributed by atoms with Crippen LogP contribution in [0.2, 0.25) is 5.02 Å². The topological polar surface area (TPSA) is 32.3 Å². The second kappa shape index (κ2) is 6.39. The fourth-order valence-electron chi connectivity index (χ4n) is 1.59. The Morgan fingerprint density at radius 3 is 2.71 bits per heavy atom. The molecule has 0 aliphatic rings. The summed E-state index contributed by atoms with van der Waals surface area (Å²) in [6.45, 7) is 7.30. The lowest BCUT2D eigenvalue weighted by Gasteiger charge is -2.28. The van der Waals surface area contributed by atoms with E-state index in [9.17, 15) is 5.11 Å². The summed E-state index contributed by atoms with van der Waals surface area (Å²) in [5.74, 6) is 0. The van der Waals surface area contributed by atoms with Gasteiger partial charge in [0.2, 0.25) is 0 Å². The SMILES string of the molecule is CCC(C)(CO)CNC(C)c1cccc(Cl)c1. The van der Waals surface area contributed by atoms with Crippen LogP contribution in [0, 0.1) is 5.41 Å². The highest BCUT2D eigenvalue weighted by Gasteiger charge is 2.21.